The van der Waals surface area contributed by atoms with Crippen LogP contribution in [0.25, 0.3) is 12.2 Å². The molecule has 0 radical (unpaired) electrons. The Morgan fingerprint density at radius 2 is 1.70 bits per heavy atom. The summed E-state index contributed by atoms with van der Waals surface area (Å²) in [5, 5.41) is 9.09. The summed E-state index contributed by atoms with van der Waals surface area (Å²) < 4.78 is 2.21. The van der Waals surface area contributed by atoms with E-state index in [0.717, 1.165) is 30.6 Å². The third-order valence-corrected chi connectivity index (χ3v) is 3.82. The van der Waals surface area contributed by atoms with E-state index in [1.54, 1.807) is 0 Å². The van der Waals surface area contributed by atoms with Crippen LogP contribution in [0.15, 0.2) is 48.8 Å². The van der Waals surface area contributed by atoms with Crippen molar-refractivity contribution in [3.63, 3.8) is 0 Å². The van der Waals surface area contributed by atoms with Gasteiger partial charge in [0.2, 0.25) is 0 Å². The second-order valence-electron chi connectivity index (χ2n) is 5.60. The summed E-state index contributed by atoms with van der Waals surface area (Å²) in [6.07, 6.45) is 13.0. The Kier molecular flexibility index (Phi) is 7.03. The molecule has 2 N–H and O–H groups in total. The van der Waals surface area contributed by atoms with Crippen molar-refractivity contribution in [3.8, 4) is 6.07 Å². The molecule has 3 heteroatoms. The quantitative estimate of drug-likeness (QED) is 0.599. The van der Waals surface area contributed by atoms with Crippen molar-refractivity contribution in [1.29, 1.82) is 5.26 Å². The molecule has 3 nitrogen and oxygen atoms in total. The van der Waals surface area contributed by atoms with Gasteiger partial charge in [0.1, 0.15) is 6.54 Å². The number of nitrogens with two attached hydrogens (primary N) is 1. The highest BCUT2D eigenvalue weighted by Crippen LogP contribution is 2.11. The molecule has 0 atom stereocenters. The molecule has 0 spiro atoms. The van der Waals surface area contributed by atoms with Crippen LogP contribution in [0.4, 0.5) is 0 Å². The van der Waals surface area contributed by atoms with Crippen molar-refractivity contribution in [2.45, 2.75) is 32.2 Å². The van der Waals surface area contributed by atoms with Gasteiger partial charge in [-0.25, -0.2) is 4.57 Å². The van der Waals surface area contributed by atoms with Crippen molar-refractivity contribution in [2.75, 3.05) is 6.54 Å². The van der Waals surface area contributed by atoms with Gasteiger partial charge in [-0.3, -0.25) is 0 Å². The van der Waals surface area contributed by atoms with Crippen molar-refractivity contribution < 1.29 is 4.57 Å². The Balaban J connectivity index is 1.90. The maximum Gasteiger partial charge on any atom is 0.169 e. The third-order valence-electron chi connectivity index (χ3n) is 3.82. The molecule has 1 aromatic heterocycles. The van der Waals surface area contributed by atoms with Gasteiger partial charge < -0.3 is 5.73 Å². The highest BCUT2D eigenvalue weighted by atomic mass is 14.9. The van der Waals surface area contributed by atoms with E-state index in [-0.39, 0.29) is 0 Å². The van der Waals surface area contributed by atoms with Gasteiger partial charge in [-0.05, 0) is 36.6 Å². The molecular weight excluding hydrogens is 282 g/mol. The van der Waals surface area contributed by atoms with Gasteiger partial charge in [-0.15, -0.1) is 0 Å². The number of nitrogens with zero attached hydrogens (tertiary/aromatic N) is 2. The number of unbranched alkanes of at least 4 members (excludes halogenated alkanes) is 3. The Labute approximate surface area is 138 Å². The first-order chi connectivity index (χ1) is 11.3. The van der Waals surface area contributed by atoms with E-state index in [9.17, 15) is 0 Å². The molecule has 0 saturated carbocycles. The van der Waals surface area contributed by atoms with Crippen LogP contribution in [0, 0.1) is 11.3 Å². The van der Waals surface area contributed by atoms with E-state index in [1.165, 1.54) is 19.3 Å². The lowest BCUT2D eigenvalue weighted by Gasteiger charge is -1.99. The molecule has 2 aromatic rings. The molecular formula is C20H24N3+. The molecule has 23 heavy (non-hydrogen) atoms. The van der Waals surface area contributed by atoms with E-state index in [4.69, 9.17) is 11.0 Å². The van der Waals surface area contributed by atoms with E-state index in [1.807, 2.05) is 36.4 Å². The molecule has 0 amide bonds. The van der Waals surface area contributed by atoms with Crippen LogP contribution in [0.1, 0.15) is 42.4 Å². The van der Waals surface area contributed by atoms with E-state index < -0.39 is 0 Å². The minimum atomic E-state index is 0.701. The SMILES string of the molecule is N#Cc1ccccc1/C=C/c1cc[n+](CCCCCCN)cc1. The topological polar surface area (TPSA) is 53.7 Å². The minimum Gasteiger partial charge on any atom is -0.330 e. The number of aromatic nitrogens is 1. The molecule has 0 unspecified atom stereocenters. The van der Waals surface area contributed by atoms with E-state index in [2.05, 4.69) is 35.2 Å². The third kappa shape index (κ3) is 5.69. The first-order valence-corrected chi connectivity index (χ1v) is 8.20. The second-order valence-corrected chi connectivity index (χ2v) is 5.60. The Morgan fingerprint density at radius 3 is 2.43 bits per heavy atom. The number of rotatable bonds is 8. The van der Waals surface area contributed by atoms with Crippen molar-refractivity contribution in [3.05, 3.63) is 65.5 Å². The molecule has 0 bridgehead atoms. The molecule has 1 aromatic carbocycles. The average Bonchev–Trinajstić information content (AvgIpc) is 2.61. The molecule has 0 aliphatic rings. The zero-order valence-corrected chi connectivity index (χ0v) is 13.5. The van der Waals surface area contributed by atoms with Gasteiger partial charge in [0.25, 0.3) is 0 Å². The summed E-state index contributed by atoms with van der Waals surface area (Å²) in [5.74, 6) is 0. The van der Waals surface area contributed by atoms with Crippen LogP contribution in [0.2, 0.25) is 0 Å². The van der Waals surface area contributed by atoms with Crippen LogP contribution in [-0.2, 0) is 6.54 Å². The summed E-state index contributed by atoms with van der Waals surface area (Å²) in [6, 6.07) is 14.0. The Morgan fingerprint density at radius 1 is 0.957 bits per heavy atom. The van der Waals surface area contributed by atoms with Crippen LogP contribution in [0.3, 0.4) is 0 Å². The minimum absolute atomic E-state index is 0.701. The zero-order valence-electron chi connectivity index (χ0n) is 13.5. The molecule has 2 rings (SSSR count). The van der Waals surface area contributed by atoms with Crippen LogP contribution < -0.4 is 10.3 Å². The van der Waals surface area contributed by atoms with Crippen LogP contribution >= 0.6 is 0 Å². The van der Waals surface area contributed by atoms with Crippen molar-refractivity contribution in [1.82, 2.24) is 0 Å². The second kappa shape index (κ2) is 9.55. The largest absolute Gasteiger partial charge is 0.330 e. The Bertz CT molecular complexity index is 666. The summed E-state index contributed by atoms with van der Waals surface area (Å²) in [7, 11) is 0. The molecule has 118 valence electrons. The van der Waals surface area contributed by atoms with Gasteiger partial charge in [-0.2, -0.15) is 5.26 Å². The van der Waals surface area contributed by atoms with E-state index >= 15 is 0 Å². The maximum atomic E-state index is 9.09. The summed E-state index contributed by atoms with van der Waals surface area (Å²) >= 11 is 0. The lowest BCUT2D eigenvalue weighted by molar-refractivity contribution is -0.697. The normalized spacial score (nSPS) is 10.8. The molecule has 0 aliphatic carbocycles. The van der Waals surface area contributed by atoms with Crippen molar-refractivity contribution >= 4 is 12.2 Å². The summed E-state index contributed by atoms with van der Waals surface area (Å²) in [6.45, 7) is 1.84. The number of benzene rings is 1. The predicted octanol–water partition coefficient (Wildman–Crippen LogP) is 3.54. The highest BCUT2D eigenvalue weighted by Gasteiger charge is 2.00. The number of aryl methyl sites for hydroxylation is 1. The highest BCUT2D eigenvalue weighted by molar-refractivity contribution is 5.72. The van der Waals surface area contributed by atoms with Crippen LogP contribution in [-0.4, -0.2) is 6.54 Å². The molecule has 1 heterocycles. The van der Waals surface area contributed by atoms with Crippen molar-refractivity contribution in [2.24, 2.45) is 5.73 Å². The maximum absolute atomic E-state index is 9.09. The predicted molar refractivity (Wildman–Crippen MR) is 94.2 cm³/mol. The fourth-order valence-corrected chi connectivity index (χ4v) is 2.45. The Hall–Kier alpha value is -2.44. The fraction of sp³-hybridized carbons (Fsp3) is 0.300. The standard InChI is InChI=1S/C20H24N3/c21-13-5-1-2-6-14-23-15-11-18(12-16-23)9-10-19-7-3-4-8-20(19)17-22/h3-4,7-12,15-16H,1-2,5-6,13-14,21H2/q+1/b10-9+. The van der Waals surface area contributed by atoms with Gasteiger partial charge in [-0.1, -0.05) is 36.8 Å². The van der Waals surface area contributed by atoms with Gasteiger partial charge >= 0.3 is 0 Å². The number of hydrogen-bond donors (Lipinski definition) is 1. The van der Waals surface area contributed by atoms with Crippen LogP contribution in [0.5, 0.6) is 0 Å². The number of pyridine rings is 1. The lowest BCUT2D eigenvalue weighted by atomic mass is 10.1. The van der Waals surface area contributed by atoms with Gasteiger partial charge in [0.15, 0.2) is 12.4 Å². The number of nitriles is 1. The van der Waals surface area contributed by atoms with E-state index in [0.29, 0.717) is 5.56 Å². The molecule has 0 saturated heterocycles. The van der Waals surface area contributed by atoms with Gasteiger partial charge in [0, 0.05) is 18.6 Å². The monoisotopic (exact) mass is 306 g/mol. The van der Waals surface area contributed by atoms with Gasteiger partial charge in [0.05, 0.1) is 11.6 Å². The number of hydrogen-bond acceptors (Lipinski definition) is 2. The smallest absolute Gasteiger partial charge is 0.169 e. The zero-order chi connectivity index (χ0) is 16.3. The average molecular weight is 306 g/mol. The fourth-order valence-electron chi connectivity index (χ4n) is 2.45. The summed E-state index contributed by atoms with van der Waals surface area (Å²) in [5.41, 5.74) is 8.29. The first-order valence-electron chi connectivity index (χ1n) is 8.20. The first kappa shape index (κ1) is 16.9. The molecule has 0 aliphatic heterocycles. The lowest BCUT2D eigenvalue weighted by Crippen LogP contribution is -2.32. The molecule has 0 fully saturated rings. The summed E-state index contributed by atoms with van der Waals surface area (Å²) in [4.78, 5) is 0.